The third kappa shape index (κ3) is 4.02. The van der Waals surface area contributed by atoms with Crippen LogP contribution in [0.3, 0.4) is 0 Å². The second-order valence-corrected chi connectivity index (χ2v) is 7.23. The normalized spacial score (nSPS) is 21.1. The highest BCUT2D eigenvalue weighted by atomic mass is 32.2. The Kier molecular flexibility index (Phi) is 5.53. The van der Waals surface area contributed by atoms with Gasteiger partial charge in [0, 0.05) is 12.3 Å². The topological polar surface area (TPSA) is 24.4 Å². The van der Waals surface area contributed by atoms with Gasteiger partial charge in [-0.1, -0.05) is 69.8 Å². The third-order valence-corrected chi connectivity index (χ3v) is 5.07. The Morgan fingerprint density at radius 2 is 1.80 bits per heavy atom. The van der Waals surface area contributed by atoms with Crippen LogP contribution >= 0.6 is 11.8 Å². The summed E-state index contributed by atoms with van der Waals surface area (Å²) in [4.78, 5) is 4.81. The van der Waals surface area contributed by atoms with Gasteiger partial charge in [-0.3, -0.25) is 4.99 Å². The van der Waals surface area contributed by atoms with Gasteiger partial charge in [0.15, 0.2) is 5.17 Å². The Bertz CT molecular complexity index is 432. The summed E-state index contributed by atoms with van der Waals surface area (Å²) in [5, 5.41) is 4.67. The first kappa shape index (κ1) is 15.4. The van der Waals surface area contributed by atoms with Crippen LogP contribution in [0.4, 0.5) is 0 Å². The largest absolute Gasteiger partial charge is 0.357 e. The minimum Gasteiger partial charge on any atom is -0.357 e. The molecule has 110 valence electrons. The summed E-state index contributed by atoms with van der Waals surface area (Å²) in [6.45, 7) is 10.1. The molecule has 1 saturated heterocycles. The molecule has 1 N–H and O–H groups in total. The van der Waals surface area contributed by atoms with E-state index in [0.29, 0.717) is 23.8 Å². The van der Waals surface area contributed by atoms with E-state index in [2.05, 4.69) is 63.3 Å². The van der Waals surface area contributed by atoms with Gasteiger partial charge in [-0.15, -0.1) is 0 Å². The molecular weight excluding hydrogens is 264 g/mol. The smallest absolute Gasteiger partial charge is 0.157 e. The molecule has 1 aliphatic rings. The fourth-order valence-electron chi connectivity index (χ4n) is 2.73. The fraction of sp³-hybridized carbons (Fsp3) is 0.588. The first-order chi connectivity index (χ1) is 9.58. The summed E-state index contributed by atoms with van der Waals surface area (Å²) in [5.41, 5.74) is 1.36. The lowest BCUT2D eigenvalue weighted by molar-refractivity contribution is 0.298. The predicted molar refractivity (Wildman–Crippen MR) is 90.2 cm³/mol. The molecule has 0 bridgehead atoms. The number of hydrogen-bond acceptors (Lipinski definition) is 2. The second-order valence-electron chi connectivity index (χ2n) is 6.22. The van der Waals surface area contributed by atoms with Crippen molar-refractivity contribution in [3.05, 3.63) is 35.9 Å². The molecule has 0 saturated carbocycles. The number of nitrogens with zero attached hydrogens (tertiary/aromatic N) is 1. The maximum absolute atomic E-state index is 4.81. The lowest BCUT2D eigenvalue weighted by Crippen LogP contribution is -2.23. The third-order valence-electron chi connectivity index (χ3n) is 4.04. The SMILES string of the molecule is CC(C)C(CN=C1NC(c2ccccc2)CS1)C(C)C. The summed E-state index contributed by atoms with van der Waals surface area (Å²) in [7, 11) is 0. The lowest BCUT2D eigenvalue weighted by atomic mass is 9.86. The molecule has 0 aromatic heterocycles. The van der Waals surface area contributed by atoms with Gasteiger partial charge in [0.05, 0.1) is 6.04 Å². The number of hydrogen-bond donors (Lipinski definition) is 1. The zero-order valence-corrected chi connectivity index (χ0v) is 13.8. The van der Waals surface area contributed by atoms with E-state index in [1.54, 1.807) is 0 Å². The number of amidine groups is 1. The van der Waals surface area contributed by atoms with E-state index in [1.807, 2.05) is 11.8 Å². The second kappa shape index (κ2) is 7.16. The lowest BCUT2D eigenvalue weighted by Gasteiger charge is -2.22. The van der Waals surface area contributed by atoms with Crippen molar-refractivity contribution in [2.75, 3.05) is 12.3 Å². The van der Waals surface area contributed by atoms with Crippen LogP contribution in [-0.2, 0) is 0 Å². The zero-order valence-electron chi connectivity index (χ0n) is 13.0. The van der Waals surface area contributed by atoms with Gasteiger partial charge in [-0.05, 0) is 23.3 Å². The Hall–Kier alpha value is -0.960. The molecule has 1 unspecified atom stereocenters. The van der Waals surface area contributed by atoms with Crippen molar-refractivity contribution < 1.29 is 0 Å². The molecule has 0 radical (unpaired) electrons. The van der Waals surface area contributed by atoms with E-state index in [-0.39, 0.29) is 0 Å². The number of nitrogens with one attached hydrogen (secondary N) is 1. The van der Waals surface area contributed by atoms with E-state index < -0.39 is 0 Å². The van der Waals surface area contributed by atoms with Gasteiger partial charge in [-0.25, -0.2) is 0 Å². The molecule has 2 rings (SSSR count). The first-order valence-electron chi connectivity index (χ1n) is 7.56. The van der Waals surface area contributed by atoms with Gasteiger partial charge in [0.2, 0.25) is 0 Å². The van der Waals surface area contributed by atoms with Crippen molar-refractivity contribution >= 4 is 16.9 Å². The Labute approximate surface area is 127 Å². The average Bonchev–Trinajstić information content (AvgIpc) is 2.88. The Balaban J connectivity index is 1.94. The molecule has 0 amide bonds. The van der Waals surface area contributed by atoms with Gasteiger partial charge in [-0.2, -0.15) is 0 Å². The van der Waals surface area contributed by atoms with Crippen LogP contribution in [0.15, 0.2) is 35.3 Å². The molecular formula is C17H26N2S. The van der Waals surface area contributed by atoms with Gasteiger partial charge < -0.3 is 5.32 Å². The summed E-state index contributed by atoms with van der Waals surface area (Å²) in [6, 6.07) is 11.1. The molecule has 2 nitrogen and oxygen atoms in total. The molecule has 0 aliphatic carbocycles. The maximum Gasteiger partial charge on any atom is 0.157 e. The highest BCUT2D eigenvalue weighted by molar-refractivity contribution is 8.14. The Morgan fingerprint density at radius 3 is 2.40 bits per heavy atom. The van der Waals surface area contributed by atoms with Gasteiger partial charge >= 0.3 is 0 Å². The summed E-state index contributed by atoms with van der Waals surface area (Å²) < 4.78 is 0. The quantitative estimate of drug-likeness (QED) is 0.872. The van der Waals surface area contributed by atoms with Crippen LogP contribution in [0.2, 0.25) is 0 Å². The average molecular weight is 290 g/mol. The van der Waals surface area contributed by atoms with Gasteiger partial charge in [0.25, 0.3) is 0 Å². The maximum atomic E-state index is 4.81. The van der Waals surface area contributed by atoms with E-state index in [4.69, 9.17) is 4.99 Å². The minimum absolute atomic E-state index is 0.413. The monoisotopic (exact) mass is 290 g/mol. The standard InChI is InChI=1S/C17H26N2S/c1-12(2)15(13(3)4)10-18-17-19-16(11-20-17)14-8-6-5-7-9-14/h5-9,12-13,15-16H,10-11H2,1-4H3,(H,18,19). The van der Waals surface area contributed by atoms with Crippen LogP contribution in [0, 0.1) is 17.8 Å². The highest BCUT2D eigenvalue weighted by Gasteiger charge is 2.23. The van der Waals surface area contributed by atoms with Crippen molar-refractivity contribution in [3.63, 3.8) is 0 Å². The summed E-state index contributed by atoms with van der Waals surface area (Å²) in [6.07, 6.45) is 0. The van der Waals surface area contributed by atoms with Crippen molar-refractivity contribution in [3.8, 4) is 0 Å². The number of benzene rings is 1. The Morgan fingerprint density at radius 1 is 1.15 bits per heavy atom. The van der Waals surface area contributed by atoms with Crippen LogP contribution in [0.1, 0.15) is 39.3 Å². The molecule has 1 aromatic carbocycles. The summed E-state index contributed by atoms with van der Waals surface area (Å²) in [5.74, 6) is 3.13. The van der Waals surface area contributed by atoms with Crippen LogP contribution in [-0.4, -0.2) is 17.5 Å². The van der Waals surface area contributed by atoms with Crippen molar-refractivity contribution in [2.24, 2.45) is 22.7 Å². The molecule has 1 fully saturated rings. The number of thioether (sulfide) groups is 1. The van der Waals surface area contributed by atoms with E-state index in [1.165, 1.54) is 5.56 Å². The van der Waals surface area contributed by atoms with E-state index in [9.17, 15) is 0 Å². The van der Waals surface area contributed by atoms with Crippen molar-refractivity contribution in [2.45, 2.75) is 33.7 Å². The molecule has 3 heteroatoms. The number of rotatable bonds is 5. The molecule has 1 atom stereocenters. The number of aliphatic imine (C=N–C) groups is 1. The van der Waals surface area contributed by atoms with Crippen molar-refractivity contribution in [1.82, 2.24) is 5.32 Å². The highest BCUT2D eigenvalue weighted by Crippen LogP contribution is 2.27. The molecule has 0 spiro atoms. The van der Waals surface area contributed by atoms with Gasteiger partial charge in [0.1, 0.15) is 0 Å². The molecule has 1 aromatic rings. The molecule has 1 aliphatic heterocycles. The van der Waals surface area contributed by atoms with Crippen LogP contribution in [0.5, 0.6) is 0 Å². The molecule has 20 heavy (non-hydrogen) atoms. The van der Waals surface area contributed by atoms with E-state index >= 15 is 0 Å². The van der Waals surface area contributed by atoms with Crippen molar-refractivity contribution in [1.29, 1.82) is 0 Å². The first-order valence-corrected chi connectivity index (χ1v) is 8.55. The van der Waals surface area contributed by atoms with E-state index in [0.717, 1.165) is 17.5 Å². The zero-order chi connectivity index (χ0) is 14.5. The minimum atomic E-state index is 0.413. The molecule has 1 heterocycles. The van der Waals surface area contributed by atoms with Crippen LogP contribution in [0.25, 0.3) is 0 Å². The summed E-state index contributed by atoms with van der Waals surface area (Å²) >= 11 is 1.85. The van der Waals surface area contributed by atoms with Crippen LogP contribution < -0.4 is 5.32 Å². The fourth-order valence-corrected chi connectivity index (χ4v) is 3.72. The predicted octanol–water partition coefficient (Wildman–Crippen LogP) is 4.35.